The molecule has 0 amide bonds. The van der Waals surface area contributed by atoms with Gasteiger partial charge in [-0.05, 0) is 54.7 Å². The van der Waals surface area contributed by atoms with Crippen molar-refractivity contribution in [3.63, 3.8) is 0 Å². The molecule has 9 nitrogen and oxygen atoms in total. The molecule has 0 spiro atoms. The maximum Gasteiger partial charge on any atom is 0.303 e. The third kappa shape index (κ3) is 6.67. The molecule has 2 fully saturated rings. The highest BCUT2D eigenvalue weighted by molar-refractivity contribution is 5.93. The highest BCUT2D eigenvalue weighted by Crippen LogP contribution is 2.61. The van der Waals surface area contributed by atoms with Crippen molar-refractivity contribution in [3.05, 3.63) is 23.8 Å². The summed E-state index contributed by atoms with van der Waals surface area (Å²) < 4.78 is 21.8. The van der Waals surface area contributed by atoms with Crippen LogP contribution in [0, 0.1) is 22.7 Å². The third-order valence-electron chi connectivity index (χ3n) is 7.85. The fourth-order valence-electron chi connectivity index (χ4n) is 6.30. The van der Waals surface area contributed by atoms with Crippen LogP contribution < -0.4 is 0 Å². The summed E-state index contributed by atoms with van der Waals surface area (Å²) in [6, 6.07) is 0. The fraction of sp³-hybridized carbons (Fsp3) is 0.679. The predicted molar refractivity (Wildman–Crippen MR) is 134 cm³/mol. The lowest BCUT2D eigenvalue weighted by atomic mass is 9.45. The maximum atomic E-state index is 13.9. The normalized spacial score (nSPS) is 30.0. The third-order valence-corrected chi connectivity index (χ3v) is 7.85. The van der Waals surface area contributed by atoms with Gasteiger partial charge in [0, 0.05) is 39.0 Å². The van der Waals surface area contributed by atoms with Gasteiger partial charge in [-0.25, -0.2) is 0 Å². The van der Waals surface area contributed by atoms with E-state index in [1.54, 1.807) is 13.0 Å². The molecule has 37 heavy (non-hydrogen) atoms. The molecular formula is C28H40O9. The van der Waals surface area contributed by atoms with Crippen LogP contribution in [0.15, 0.2) is 23.8 Å². The smallest absolute Gasteiger partial charge is 0.303 e. The number of hydrogen-bond donors (Lipinski definition) is 0. The molecular weight excluding hydrogens is 480 g/mol. The van der Waals surface area contributed by atoms with E-state index in [1.807, 2.05) is 20.8 Å². The Hall–Kier alpha value is -2.97. The fourth-order valence-corrected chi connectivity index (χ4v) is 6.30. The van der Waals surface area contributed by atoms with Crippen molar-refractivity contribution >= 4 is 29.7 Å². The van der Waals surface area contributed by atoms with Crippen molar-refractivity contribution in [1.29, 1.82) is 0 Å². The molecule has 0 aromatic heterocycles. The number of rotatable bonds is 8. The molecule has 2 aliphatic rings. The highest BCUT2D eigenvalue weighted by Gasteiger charge is 2.64. The van der Waals surface area contributed by atoms with E-state index in [0.29, 0.717) is 24.0 Å². The van der Waals surface area contributed by atoms with Crippen LogP contribution in [0.1, 0.15) is 74.7 Å². The average Bonchev–Trinajstić information content (AvgIpc) is 2.74. The van der Waals surface area contributed by atoms with E-state index < -0.39 is 58.9 Å². The molecule has 2 saturated carbocycles. The summed E-state index contributed by atoms with van der Waals surface area (Å²) in [6.45, 7) is 17.0. The molecule has 0 saturated heterocycles. The molecule has 0 bridgehead atoms. The van der Waals surface area contributed by atoms with E-state index >= 15 is 0 Å². The molecule has 0 heterocycles. The Morgan fingerprint density at radius 3 is 2.08 bits per heavy atom. The first-order valence-corrected chi connectivity index (χ1v) is 12.6. The van der Waals surface area contributed by atoms with Gasteiger partial charge < -0.3 is 18.9 Å². The van der Waals surface area contributed by atoms with E-state index in [1.165, 1.54) is 27.7 Å². The highest BCUT2D eigenvalue weighted by atomic mass is 16.6. The van der Waals surface area contributed by atoms with Crippen LogP contribution in [-0.2, 0) is 42.9 Å². The zero-order chi connectivity index (χ0) is 28.3. The number of carbonyl (C=O) groups is 5. The SMILES string of the molecule is C=C1C(OC(C)=O)C(=O)C2C(C)(C)C(OC(C)=O)CCC2(C)C1CC(OC(C)=O)/C(C)=C/COC(C)=O. The monoisotopic (exact) mass is 520 g/mol. The van der Waals surface area contributed by atoms with Crippen LogP contribution in [0.25, 0.3) is 0 Å². The summed E-state index contributed by atoms with van der Waals surface area (Å²) in [4.78, 5) is 60.9. The molecule has 2 rings (SSSR count). The standard InChI is InChI=1S/C28H40O9/c1-15(11-13-34-17(3)29)22(35-18(4)30)14-21-16(2)25(37-20(6)32)24(33)26-27(7,8)23(36-19(5)31)10-12-28(21,26)9/h11,21-23,25-26H,2,10,12-14H2,1,3-9H3/b15-11+. The van der Waals surface area contributed by atoms with Crippen molar-refractivity contribution in [2.45, 2.75) is 93.0 Å². The topological polar surface area (TPSA) is 122 Å². The van der Waals surface area contributed by atoms with Crippen LogP contribution in [0.2, 0.25) is 0 Å². The summed E-state index contributed by atoms with van der Waals surface area (Å²) in [5.74, 6) is -3.22. The first kappa shape index (κ1) is 30.3. The summed E-state index contributed by atoms with van der Waals surface area (Å²) in [6.07, 6.45) is 0.696. The second-order valence-corrected chi connectivity index (χ2v) is 11.0. The molecule has 0 N–H and O–H groups in total. The van der Waals surface area contributed by atoms with Crippen LogP contribution in [0.4, 0.5) is 0 Å². The minimum absolute atomic E-state index is 0.0239. The predicted octanol–water partition coefficient (Wildman–Crippen LogP) is 3.88. The summed E-state index contributed by atoms with van der Waals surface area (Å²) >= 11 is 0. The number of Topliss-reactive ketones (excluding diaryl/α,β-unsaturated/α-hetero) is 1. The average molecular weight is 521 g/mol. The van der Waals surface area contributed by atoms with Crippen molar-refractivity contribution < 1.29 is 42.9 Å². The first-order chi connectivity index (χ1) is 17.0. The van der Waals surface area contributed by atoms with E-state index in [-0.39, 0.29) is 24.7 Å². The molecule has 2 aliphatic carbocycles. The molecule has 0 aromatic carbocycles. The second-order valence-electron chi connectivity index (χ2n) is 11.0. The van der Waals surface area contributed by atoms with E-state index in [9.17, 15) is 24.0 Å². The van der Waals surface area contributed by atoms with E-state index in [0.717, 1.165) is 0 Å². The number of esters is 4. The molecule has 206 valence electrons. The number of ether oxygens (including phenoxy) is 4. The minimum Gasteiger partial charge on any atom is -0.462 e. The van der Waals surface area contributed by atoms with Gasteiger partial charge in [-0.1, -0.05) is 27.4 Å². The van der Waals surface area contributed by atoms with Gasteiger partial charge in [0.1, 0.15) is 18.8 Å². The summed E-state index contributed by atoms with van der Waals surface area (Å²) in [7, 11) is 0. The minimum atomic E-state index is -1.17. The Labute approximate surface area is 218 Å². The molecule has 6 unspecified atom stereocenters. The van der Waals surface area contributed by atoms with Crippen molar-refractivity contribution in [1.82, 2.24) is 0 Å². The molecule has 6 atom stereocenters. The van der Waals surface area contributed by atoms with Crippen molar-refractivity contribution in [2.75, 3.05) is 6.61 Å². The Kier molecular flexibility index (Phi) is 9.49. The van der Waals surface area contributed by atoms with Gasteiger partial charge in [-0.2, -0.15) is 0 Å². The molecule has 0 aromatic rings. The number of fused-ring (bicyclic) bond motifs is 1. The summed E-state index contributed by atoms with van der Waals surface area (Å²) in [5, 5.41) is 0. The Bertz CT molecular complexity index is 992. The summed E-state index contributed by atoms with van der Waals surface area (Å²) in [5.41, 5.74) is -0.270. The number of hydrogen-bond acceptors (Lipinski definition) is 9. The molecule has 0 aliphatic heterocycles. The largest absolute Gasteiger partial charge is 0.462 e. The second kappa shape index (κ2) is 11.6. The van der Waals surface area contributed by atoms with Gasteiger partial charge >= 0.3 is 23.9 Å². The molecule has 9 heteroatoms. The van der Waals surface area contributed by atoms with Crippen LogP contribution in [0.3, 0.4) is 0 Å². The van der Waals surface area contributed by atoms with Crippen LogP contribution in [-0.4, -0.2) is 54.6 Å². The molecule has 0 radical (unpaired) electrons. The van der Waals surface area contributed by atoms with Crippen molar-refractivity contribution in [3.8, 4) is 0 Å². The first-order valence-electron chi connectivity index (χ1n) is 12.6. The zero-order valence-electron chi connectivity index (χ0n) is 23.2. The van der Waals surface area contributed by atoms with Gasteiger partial charge in [0.15, 0.2) is 11.9 Å². The lowest BCUT2D eigenvalue weighted by Crippen LogP contribution is -2.63. The van der Waals surface area contributed by atoms with Gasteiger partial charge in [0.2, 0.25) is 0 Å². The zero-order valence-corrected chi connectivity index (χ0v) is 23.2. The number of carbonyl (C=O) groups excluding carboxylic acids is 5. The number of ketones is 1. The van der Waals surface area contributed by atoms with Crippen LogP contribution in [0.5, 0.6) is 0 Å². The van der Waals surface area contributed by atoms with Gasteiger partial charge in [-0.3, -0.25) is 24.0 Å². The van der Waals surface area contributed by atoms with E-state index in [2.05, 4.69) is 6.58 Å². The van der Waals surface area contributed by atoms with Crippen molar-refractivity contribution in [2.24, 2.45) is 22.7 Å². The van der Waals surface area contributed by atoms with Gasteiger partial charge in [0.25, 0.3) is 0 Å². The maximum absolute atomic E-state index is 13.9. The lowest BCUT2D eigenvalue weighted by molar-refractivity contribution is -0.188. The lowest BCUT2D eigenvalue weighted by Gasteiger charge is -2.59. The van der Waals surface area contributed by atoms with Gasteiger partial charge in [0.05, 0.1) is 0 Å². The Balaban J connectivity index is 2.56. The van der Waals surface area contributed by atoms with Crippen LogP contribution >= 0.6 is 0 Å². The van der Waals surface area contributed by atoms with E-state index in [4.69, 9.17) is 18.9 Å². The Morgan fingerprint density at radius 1 is 0.973 bits per heavy atom. The Morgan fingerprint density at radius 2 is 1.57 bits per heavy atom. The van der Waals surface area contributed by atoms with Gasteiger partial charge in [-0.15, -0.1) is 0 Å². The quantitative estimate of drug-likeness (QED) is 0.266.